The molecule has 5 nitrogen and oxygen atoms in total. The van der Waals surface area contributed by atoms with Crippen LogP contribution in [-0.2, 0) is 23.1 Å². The molecule has 0 fully saturated rings. The minimum Gasteiger partial charge on any atom is -0.349 e. The molecule has 0 aliphatic carbocycles. The summed E-state index contributed by atoms with van der Waals surface area (Å²) in [5.41, 5.74) is 6.49. The number of nitrogens with zero attached hydrogens (tertiary/aromatic N) is 2. The molecular formula is C13H25N3O2S. The molecule has 1 heterocycles. The highest BCUT2D eigenvalue weighted by molar-refractivity contribution is 7.89. The van der Waals surface area contributed by atoms with Crippen LogP contribution in [0.2, 0.25) is 0 Å². The lowest BCUT2D eigenvalue weighted by Crippen LogP contribution is -2.33. The molecule has 0 amide bonds. The van der Waals surface area contributed by atoms with Crippen molar-refractivity contribution in [1.29, 1.82) is 0 Å². The first kappa shape index (κ1) is 16.2. The standard InChI is InChI=1S/C13H25N3O2S/c1-5-15-10-13(7-12(15)8-14)19(17,18)16(6-2)9-11(3)4/h7,10-11H,5-6,8-9,14H2,1-4H3. The van der Waals surface area contributed by atoms with Crippen molar-refractivity contribution in [1.82, 2.24) is 8.87 Å². The van der Waals surface area contributed by atoms with E-state index in [4.69, 9.17) is 5.73 Å². The molecule has 110 valence electrons. The Labute approximate surface area is 116 Å². The van der Waals surface area contributed by atoms with E-state index in [1.165, 1.54) is 4.31 Å². The summed E-state index contributed by atoms with van der Waals surface area (Å²) in [7, 11) is -3.41. The molecule has 0 bridgehead atoms. The van der Waals surface area contributed by atoms with Crippen molar-refractivity contribution >= 4 is 10.0 Å². The van der Waals surface area contributed by atoms with Crippen LogP contribution < -0.4 is 5.73 Å². The summed E-state index contributed by atoms with van der Waals surface area (Å²) in [5, 5.41) is 0. The predicted octanol–water partition coefficient (Wildman–Crippen LogP) is 1.63. The summed E-state index contributed by atoms with van der Waals surface area (Å²) in [6, 6.07) is 1.68. The van der Waals surface area contributed by atoms with Crippen molar-refractivity contribution in [2.75, 3.05) is 13.1 Å². The van der Waals surface area contributed by atoms with Crippen LogP contribution in [-0.4, -0.2) is 30.4 Å². The Morgan fingerprint density at radius 2 is 2.00 bits per heavy atom. The molecule has 1 aromatic heterocycles. The van der Waals surface area contributed by atoms with E-state index in [9.17, 15) is 8.42 Å². The molecule has 0 aliphatic rings. The second kappa shape index (κ2) is 6.54. The van der Waals surface area contributed by atoms with Gasteiger partial charge in [0.2, 0.25) is 10.0 Å². The Bertz CT molecular complexity index is 484. The molecule has 0 saturated carbocycles. The van der Waals surface area contributed by atoms with Gasteiger partial charge in [0.25, 0.3) is 0 Å². The van der Waals surface area contributed by atoms with Gasteiger partial charge in [-0.3, -0.25) is 0 Å². The molecule has 0 spiro atoms. The molecule has 0 atom stereocenters. The highest BCUT2D eigenvalue weighted by Gasteiger charge is 2.25. The van der Waals surface area contributed by atoms with E-state index in [2.05, 4.69) is 0 Å². The maximum Gasteiger partial charge on any atom is 0.244 e. The van der Waals surface area contributed by atoms with Gasteiger partial charge < -0.3 is 10.3 Å². The molecule has 0 aromatic carbocycles. The van der Waals surface area contributed by atoms with Crippen LogP contribution >= 0.6 is 0 Å². The highest BCUT2D eigenvalue weighted by Crippen LogP contribution is 2.20. The fourth-order valence-electron chi connectivity index (χ4n) is 2.09. The topological polar surface area (TPSA) is 68.3 Å². The first-order chi connectivity index (χ1) is 8.86. The highest BCUT2D eigenvalue weighted by atomic mass is 32.2. The number of nitrogens with two attached hydrogens (primary N) is 1. The van der Waals surface area contributed by atoms with Crippen LogP contribution in [0.15, 0.2) is 17.2 Å². The van der Waals surface area contributed by atoms with Gasteiger partial charge in [0.15, 0.2) is 0 Å². The maximum atomic E-state index is 12.6. The quantitative estimate of drug-likeness (QED) is 0.829. The number of aryl methyl sites for hydroxylation is 1. The summed E-state index contributed by atoms with van der Waals surface area (Å²) in [6.07, 6.45) is 1.68. The van der Waals surface area contributed by atoms with Crippen molar-refractivity contribution in [3.63, 3.8) is 0 Å². The lowest BCUT2D eigenvalue weighted by molar-refractivity contribution is 0.381. The van der Waals surface area contributed by atoms with Gasteiger partial charge in [-0.15, -0.1) is 0 Å². The summed E-state index contributed by atoms with van der Waals surface area (Å²) in [6.45, 7) is 9.95. The van der Waals surface area contributed by atoms with Gasteiger partial charge in [0, 0.05) is 38.1 Å². The third-order valence-electron chi connectivity index (χ3n) is 3.07. The normalized spacial score (nSPS) is 12.6. The molecule has 0 unspecified atom stereocenters. The van der Waals surface area contributed by atoms with Gasteiger partial charge in [0.05, 0.1) is 0 Å². The molecule has 1 aromatic rings. The molecule has 0 radical (unpaired) electrons. The van der Waals surface area contributed by atoms with Crippen LogP contribution in [0.4, 0.5) is 0 Å². The molecule has 19 heavy (non-hydrogen) atoms. The fraction of sp³-hybridized carbons (Fsp3) is 0.692. The van der Waals surface area contributed by atoms with Crippen molar-refractivity contribution in [3.05, 3.63) is 18.0 Å². The molecule has 0 aliphatic heterocycles. The van der Waals surface area contributed by atoms with Crippen LogP contribution in [0.25, 0.3) is 0 Å². The van der Waals surface area contributed by atoms with E-state index < -0.39 is 10.0 Å². The number of aromatic nitrogens is 1. The molecular weight excluding hydrogens is 262 g/mol. The first-order valence-electron chi connectivity index (χ1n) is 6.76. The summed E-state index contributed by atoms with van der Waals surface area (Å²) < 4.78 is 28.5. The third kappa shape index (κ3) is 3.58. The van der Waals surface area contributed by atoms with E-state index in [-0.39, 0.29) is 0 Å². The van der Waals surface area contributed by atoms with Gasteiger partial charge in [0.1, 0.15) is 4.90 Å². The number of rotatable bonds is 7. The van der Waals surface area contributed by atoms with Crippen LogP contribution in [0.5, 0.6) is 0 Å². The lowest BCUT2D eigenvalue weighted by Gasteiger charge is -2.21. The molecule has 0 saturated heterocycles. The first-order valence-corrected chi connectivity index (χ1v) is 8.20. The second-order valence-electron chi connectivity index (χ2n) is 5.01. The van der Waals surface area contributed by atoms with Gasteiger partial charge >= 0.3 is 0 Å². The van der Waals surface area contributed by atoms with Crippen LogP contribution in [0.1, 0.15) is 33.4 Å². The Balaban J connectivity index is 3.14. The number of sulfonamides is 1. The fourth-order valence-corrected chi connectivity index (χ4v) is 3.76. The third-order valence-corrected chi connectivity index (χ3v) is 4.98. The van der Waals surface area contributed by atoms with Gasteiger partial charge in [-0.25, -0.2) is 8.42 Å². The molecule has 6 heteroatoms. The zero-order valence-corrected chi connectivity index (χ0v) is 13.1. The minimum absolute atomic E-state index is 0.303. The van der Waals surface area contributed by atoms with Crippen molar-refractivity contribution in [3.8, 4) is 0 Å². The Kier molecular flexibility index (Phi) is 5.58. The van der Waals surface area contributed by atoms with Crippen molar-refractivity contribution < 1.29 is 8.42 Å². The lowest BCUT2D eigenvalue weighted by atomic mass is 10.2. The smallest absolute Gasteiger partial charge is 0.244 e. The van der Waals surface area contributed by atoms with Crippen molar-refractivity contribution in [2.24, 2.45) is 11.7 Å². The Morgan fingerprint density at radius 1 is 1.37 bits per heavy atom. The maximum absolute atomic E-state index is 12.6. The average molecular weight is 287 g/mol. The van der Waals surface area contributed by atoms with Crippen LogP contribution in [0.3, 0.4) is 0 Å². The zero-order chi connectivity index (χ0) is 14.6. The largest absolute Gasteiger partial charge is 0.349 e. The minimum atomic E-state index is -3.41. The monoisotopic (exact) mass is 287 g/mol. The van der Waals surface area contributed by atoms with E-state index in [0.717, 1.165) is 12.2 Å². The Morgan fingerprint density at radius 3 is 2.37 bits per heavy atom. The van der Waals surface area contributed by atoms with Gasteiger partial charge in [-0.1, -0.05) is 20.8 Å². The van der Waals surface area contributed by atoms with E-state index in [1.807, 2.05) is 32.3 Å². The van der Waals surface area contributed by atoms with Crippen LogP contribution in [0, 0.1) is 5.92 Å². The number of hydrogen-bond acceptors (Lipinski definition) is 3. The second-order valence-corrected chi connectivity index (χ2v) is 6.94. The van der Waals surface area contributed by atoms with Crippen molar-refractivity contribution in [2.45, 2.75) is 45.7 Å². The summed E-state index contributed by atoms with van der Waals surface area (Å²) >= 11 is 0. The van der Waals surface area contributed by atoms with E-state index in [0.29, 0.717) is 30.4 Å². The summed E-state index contributed by atoms with van der Waals surface area (Å²) in [5.74, 6) is 0.303. The van der Waals surface area contributed by atoms with E-state index in [1.54, 1.807) is 12.3 Å². The zero-order valence-electron chi connectivity index (χ0n) is 12.3. The SMILES string of the molecule is CCN(CC(C)C)S(=O)(=O)c1cc(CN)n(CC)c1. The van der Waals surface area contributed by atoms with Gasteiger partial charge in [-0.05, 0) is 18.9 Å². The average Bonchev–Trinajstić information content (AvgIpc) is 2.79. The van der Waals surface area contributed by atoms with E-state index >= 15 is 0 Å². The van der Waals surface area contributed by atoms with Gasteiger partial charge in [-0.2, -0.15) is 4.31 Å². The Hall–Kier alpha value is -0.850. The summed E-state index contributed by atoms with van der Waals surface area (Å²) in [4.78, 5) is 0.345. The number of hydrogen-bond donors (Lipinski definition) is 1. The predicted molar refractivity (Wildman–Crippen MR) is 77.3 cm³/mol. The molecule has 1 rings (SSSR count). The molecule has 2 N–H and O–H groups in total.